The highest BCUT2D eigenvalue weighted by Gasteiger charge is 2.06. The number of amides is 1. The van der Waals surface area contributed by atoms with Gasteiger partial charge in [0, 0.05) is 15.7 Å². The number of hydrogen-bond donors (Lipinski definition) is 1. The Hall–Kier alpha value is -0.680. The first kappa shape index (κ1) is 14.7. The van der Waals surface area contributed by atoms with E-state index in [2.05, 4.69) is 11.4 Å². The van der Waals surface area contributed by atoms with Crippen molar-refractivity contribution in [2.24, 2.45) is 0 Å². The zero-order chi connectivity index (χ0) is 13.7. The molecule has 0 aliphatic rings. The summed E-state index contributed by atoms with van der Waals surface area (Å²) in [5.41, 5.74) is 0.591. The second-order valence-electron chi connectivity index (χ2n) is 3.74. The molecule has 1 aromatic heterocycles. The quantitative estimate of drug-likeness (QED) is 0.841. The van der Waals surface area contributed by atoms with Gasteiger partial charge in [-0.3, -0.25) is 4.79 Å². The van der Waals surface area contributed by atoms with Crippen molar-refractivity contribution >= 4 is 57.9 Å². The first-order valence-electron chi connectivity index (χ1n) is 5.50. The van der Waals surface area contributed by atoms with Crippen LogP contribution in [0.4, 0.5) is 5.69 Å². The van der Waals surface area contributed by atoms with Crippen molar-refractivity contribution in [3.8, 4) is 0 Å². The Morgan fingerprint density at radius 3 is 2.84 bits per heavy atom. The molecule has 0 fully saturated rings. The smallest absolute Gasteiger partial charge is 0.234 e. The SMILES string of the molecule is O=C(CSCc1cccs1)Nc1ccc(Cl)cc1Cl. The number of thiophene rings is 1. The fourth-order valence-electron chi connectivity index (χ4n) is 1.42. The lowest BCUT2D eigenvalue weighted by atomic mass is 10.3. The standard InChI is InChI=1S/C13H11Cl2NOS2/c14-9-3-4-12(11(15)6-9)16-13(17)8-18-7-10-2-1-5-19-10/h1-6H,7-8H2,(H,16,17). The van der Waals surface area contributed by atoms with Gasteiger partial charge in [0.2, 0.25) is 5.91 Å². The van der Waals surface area contributed by atoms with E-state index in [-0.39, 0.29) is 5.91 Å². The number of hydrogen-bond acceptors (Lipinski definition) is 3. The molecular weight excluding hydrogens is 321 g/mol. The van der Waals surface area contributed by atoms with Crippen molar-refractivity contribution in [2.45, 2.75) is 5.75 Å². The van der Waals surface area contributed by atoms with Gasteiger partial charge in [0.15, 0.2) is 0 Å². The second kappa shape index (κ2) is 7.20. The number of nitrogens with one attached hydrogen (secondary N) is 1. The summed E-state index contributed by atoms with van der Waals surface area (Å²) in [5.74, 6) is 1.18. The highest BCUT2D eigenvalue weighted by molar-refractivity contribution is 7.99. The molecule has 0 radical (unpaired) electrons. The van der Waals surface area contributed by atoms with Gasteiger partial charge in [0.1, 0.15) is 0 Å². The van der Waals surface area contributed by atoms with Crippen molar-refractivity contribution in [1.29, 1.82) is 0 Å². The Balaban J connectivity index is 1.80. The summed E-state index contributed by atoms with van der Waals surface area (Å²) in [4.78, 5) is 13.0. The molecule has 2 aromatic rings. The van der Waals surface area contributed by atoms with Crippen LogP contribution in [-0.4, -0.2) is 11.7 Å². The fraction of sp³-hybridized carbons (Fsp3) is 0.154. The highest BCUT2D eigenvalue weighted by Crippen LogP contribution is 2.25. The molecule has 100 valence electrons. The highest BCUT2D eigenvalue weighted by atomic mass is 35.5. The molecule has 0 spiro atoms. The molecule has 1 amide bonds. The van der Waals surface area contributed by atoms with Gasteiger partial charge in [-0.1, -0.05) is 29.3 Å². The van der Waals surface area contributed by atoms with Crippen LogP contribution < -0.4 is 5.32 Å². The van der Waals surface area contributed by atoms with E-state index in [0.717, 1.165) is 5.75 Å². The molecule has 0 aliphatic heterocycles. The van der Waals surface area contributed by atoms with Crippen molar-refractivity contribution in [3.63, 3.8) is 0 Å². The minimum Gasteiger partial charge on any atom is -0.324 e. The largest absolute Gasteiger partial charge is 0.324 e. The van der Waals surface area contributed by atoms with E-state index in [1.807, 2.05) is 11.4 Å². The Kier molecular flexibility index (Phi) is 5.58. The van der Waals surface area contributed by atoms with Gasteiger partial charge < -0.3 is 5.32 Å². The van der Waals surface area contributed by atoms with E-state index >= 15 is 0 Å². The molecule has 0 atom stereocenters. The minimum absolute atomic E-state index is 0.0641. The number of carbonyl (C=O) groups is 1. The predicted octanol–water partition coefficient (Wildman–Crippen LogP) is 4.93. The summed E-state index contributed by atoms with van der Waals surface area (Å²) in [6.45, 7) is 0. The third-order valence-corrected chi connectivity index (χ3v) is 4.85. The third-order valence-electron chi connectivity index (χ3n) is 2.26. The summed E-state index contributed by atoms with van der Waals surface area (Å²) >= 11 is 15.0. The molecular formula is C13H11Cl2NOS2. The van der Waals surface area contributed by atoms with E-state index < -0.39 is 0 Å². The van der Waals surface area contributed by atoms with E-state index in [1.54, 1.807) is 41.3 Å². The van der Waals surface area contributed by atoms with Crippen molar-refractivity contribution in [2.75, 3.05) is 11.1 Å². The maximum absolute atomic E-state index is 11.8. The van der Waals surface area contributed by atoms with Gasteiger partial charge in [0.05, 0.1) is 16.5 Å². The van der Waals surface area contributed by atoms with Crippen LogP contribution in [0, 0.1) is 0 Å². The number of rotatable bonds is 5. The monoisotopic (exact) mass is 331 g/mol. The molecule has 1 N–H and O–H groups in total. The summed E-state index contributed by atoms with van der Waals surface area (Å²) in [5, 5.41) is 5.80. The molecule has 0 aliphatic carbocycles. The van der Waals surface area contributed by atoms with Crippen LogP contribution in [0.1, 0.15) is 4.88 Å². The van der Waals surface area contributed by atoms with E-state index in [1.165, 1.54) is 4.88 Å². The molecule has 0 bridgehead atoms. The number of anilines is 1. The van der Waals surface area contributed by atoms with Crippen LogP contribution in [0.15, 0.2) is 35.7 Å². The Labute approximate surface area is 130 Å². The zero-order valence-corrected chi connectivity index (χ0v) is 13.0. The molecule has 0 unspecified atom stereocenters. The lowest BCUT2D eigenvalue weighted by Gasteiger charge is -2.07. The number of thioether (sulfide) groups is 1. The lowest BCUT2D eigenvalue weighted by molar-refractivity contribution is -0.113. The second-order valence-corrected chi connectivity index (χ2v) is 6.61. The van der Waals surface area contributed by atoms with Crippen LogP contribution >= 0.6 is 46.3 Å². The van der Waals surface area contributed by atoms with Crippen LogP contribution in [0.5, 0.6) is 0 Å². The molecule has 19 heavy (non-hydrogen) atoms. The summed E-state index contributed by atoms with van der Waals surface area (Å²) in [6, 6.07) is 9.08. The van der Waals surface area contributed by atoms with Crippen LogP contribution in [-0.2, 0) is 10.5 Å². The van der Waals surface area contributed by atoms with Gasteiger partial charge in [0.25, 0.3) is 0 Å². The number of carbonyl (C=O) groups excluding carboxylic acids is 1. The molecule has 1 heterocycles. The van der Waals surface area contributed by atoms with Crippen LogP contribution in [0.2, 0.25) is 10.0 Å². The van der Waals surface area contributed by atoms with Crippen LogP contribution in [0.3, 0.4) is 0 Å². The van der Waals surface area contributed by atoms with Crippen molar-refractivity contribution in [1.82, 2.24) is 0 Å². The van der Waals surface area contributed by atoms with Crippen LogP contribution in [0.25, 0.3) is 0 Å². The minimum atomic E-state index is -0.0641. The van der Waals surface area contributed by atoms with Gasteiger partial charge in [-0.05, 0) is 29.6 Å². The fourth-order valence-corrected chi connectivity index (χ4v) is 3.54. The molecule has 2 nitrogen and oxygen atoms in total. The maximum Gasteiger partial charge on any atom is 0.234 e. The predicted molar refractivity (Wildman–Crippen MR) is 85.6 cm³/mol. The first-order valence-corrected chi connectivity index (χ1v) is 8.29. The van der Waals surface area contributed by atoms with E-state index in [0.29, 0.717) is 21.5 Å². The summed E-state index contributed by atoms with van der Waals surface area (Å²) < 4.78 is 0. The number of halogens is 2. The summed E-state index contributed by atoms with van der Waals surface area (Å²) in [6.07, 6.45) is 0. The zero-order valence-electron chi connectivity index (χ0n) is 9.86. The normalized spacial score (nSPS) is 10.4. The van der Waals surface area contributed by atoms with Gasteiger partial charge in [-0.15, -0.1) is 23.1 Å². The van der Waals surface area contributed by atoms with Crippen molar-refractivity contribution in [3.05, 3.63) is 50.6 Å². The Morgan fingerprint density at radius 2 is 2.16 bits per heavy atom. The molecule has 0 saturated carbocycles. The van der Waals surface area contributed by atoms with Crippen molar-refractivity contribution < 1.29 is 4.79 Å². The number of benzene rings is 1. The maximum atomic E-state index is 11.8. The van der Waals surface area contributed by atoms with Gasteiger partial charge >= 0.3 is 0 Å². The lowest BCUT2D eigenvalue weighted by Crippen LogP contribution is -2.14. The molecule has 1 aromatic carbocycles. The van der Waals surface area contributed by atoms with Gasteiger partial charge in [-0.2, -0.15) is 0 Å². The first-order chi connectivity index (χ1) is 9.15. The molecule has 0 saturated heterocycles. The summed E-state index contributed by atoms with van der Waals surface area (Å²) in [7, 11) is 0. The average Bonchev–Trinajstić information content (AvgIpc) is 2.86. The average molecular weight is 332 g/mol. The molecule has 6 heteroatoms. The Morgan fingerprint density at radius 1 is 1.32 bits per heavy atom. The van der Waals surface area contributed by atoms with E-state index in [4.69, 9.17) is 23.2 Å². The molecule has 2 rings (SSSR count). The van der Waals surface area contributed by atoms with Gasteiger partial charge in [-0.25, -0.2) is 0 Å². The van der Waals surface area contributed by atoms with E-state index in [9.17, 15) is 4.79 Å². The topological polar surface area (TPSA) is 29.1 Å². The third kappa shape index (κ3) is 4.73. The Bertz CT molecular complexity index is 558.